The van der Waals surface area contributed by atoms with Crippen molar-refractivity contribution in [3.63, 3.8) is 0 Å². The number of amides is 2. The molecule has 2 amide bonds. The summed E-state index contributed by atoms with van der Waals surface area (Å²) in [6, 6.07) is 5.41. The van der Waals surface area contributed by atoms with Gasteiger partial charge in [0.15, 0.2) is 16.7 Å². The van der Waals surface area contributed by atoms with Gasteiger partial charge in [-0.1, -0.05) is 11.3 Å². The van der Waals surface area contributed by atoms with Crippen LogP contribution in [0.5, 0.6) is 5.75 Å². The molecule has 5 nitrogen and oxygen atoms in total. The van der Waals surface area contributed by atoms with Gasteiger partial charge in [0.05, 0.1) is 16.8 Å². The first-order chi connectivity index (χ1) is 13.0. The van der Waals surface area contributed by atoms with Crippen molar-refractivity contribution in [2.75, 3.05) is 11.9 Å². The second-order valence-electron chi connectivity index (χ2n) is 6.53. The van der Waals surface area contributed by atoms with Crippen molar-refractivity contribution in [2.45, 2.75) is 12.0 Å². The molecule has 1 fully saturated rings. The van der Waals surface area contributed by atoms with Gasteiger partial charge in [-0.25, -0.2) is 22.9 Å². The van der Waals surface area contributed by atoms with E-state index >= 15 is 0 Å². The van der Waals surface area contributed by atoms with Crippen molar-refractivity contribution >= 4 is 32.7 Å². The third-order valence-corrected chi connectivity index (χ3v) is 5.82. The normalized spacial score (nSPS) is 22.6. The first-order valence-electron chi connectivity index (χ1n) is 8.25. The highest BCUT2D eigenvalue weighted by atomic mass is 32.1. The van der Waals surface area contributed by atoms with Crippen LogP contribution in [-0.4, -0.2) is 23.7 Å². The summed E-state index contributed by atoms with van der Waals surface area (Å²) in [6.07, 6.45) is 0. The fourth-order valence-electron chi connectivity index (χ4n) is 3.59. The van der Waals surface area contributed by atoms with Crippen LogP contribution in [0.2, 0.25) is 0 Å². The molecule has 3 aromatic rings. The van der Waals surface area contributed by atoms with Gasteiger partial charge in [-0.3, -0.25) is 5.32 Å². The third-order valence-electron chi connectivity index (χ3n) is 4.89. The number of hydrogen-bond acceptors (Lipinski definition) is 4. The van der Waals surface area contributed by atoms with E-state index in [2.05, 4.69) is 15.6 Å². The minimum Gasteiger partial charge on any atom is -0.490 e. The van der Waals surface area contributed by atoms with Crippen LogP contribution in [0, 0.1) is 23.4 Å². The summed E-state index contributed by atoms with van der Waals surface area (Å²) in [7, 11) is 0. The van der Waals surface area contributed by atoms with Crippen molar-refractivity contribution in [3.05, 3.63) is 53.3 Å². The van der Waals surface area contributed by atoms with Gasteiger partial charge >= 0.3 is 6.03 Å². The molecule has 5 rings (SSSR count). The lowest BCUT2D eigenvalue weighted by molar-refractivity contribution is 0.247. The van der Waals surface area contributed by atoms with E-state index in [-0.39, 0.29) is 41.6 Å². The van der Waals surface area contributed by atoms with E-state index in [1.165, 1.54) is 18.2 Å². The lowest BCUT2D eigenvalue weighted by atomic mass is 10.0. The topological polar surface area (TPSA) is 63.2 Å². The molecule has 2 N–H and O–H groups in total. The van der Waals surface area contributed by atoms with Crippen LogP contribution in [0.3, 0.4) is 0 Å². The maximum absolute atomic E-state index is 14.1. The summed E-state index contributed by atoms with van der Waals surface area (Å²) >= 11 is 1.15. The molecule has 2 aromatic carbocycles. The molecule has 0 unspecified atom stereocenters. The molecule has 1 aliphatic heterocycles. The average Bonchev–Trinajstić information content (AvgIpc) is 3.17. The summed E-state index contributed by atoms with van der Waals surface area (Å²) in [5.41, 5.74) is 0.753. The smallest absolute Gasteiger partial charge is 0.321 e. The molecule has 0 bridgehead atoms. The quantitative estimate of drug-likeness (QED) is 0.694. The Labute approximate surface area is 155 Å². The van der Waals surface area contributed by atoms with Crippen LogP contribution < -0.4 is 15.4 Å². The SMILES string of the molecule is O=C(Nc1nc2ccc(F)cc2s1)N[C@@H]1[C@H]2COc3c(F)ccc(F)c3[C@@H]21. The zero-order valence-corrected chi connectivity index (χ0v) is 14.4. The van der Waals surface area contributed by atoms with Crippen molar-refractivity contribution in [1.82, 2.24) is 10.3 Å². The van der Waals surface area contributed by atoms with Crippen molar-refractivity contribution in [1.29, 1.82) is 0 Å². The summed E-state index contributed by atoms with van der Waals surface area (Å²) in [5.74, 6) is -2.03. The van der Waals surface area contributed by atoms with E-state index in [0.29, 0.717) is 15.3 Å². The first-order valence-corrected chi connectivity index (χ1v) is 9.07. The van der Waals surface area contributed by atoms with Gasteiger partial charge in [0.2, 0.25) is 0 Å². The molecular weight excluding hydrogens is 379 g/mol. The lowest BCUT2D eigenvalue weighted by Gasteiger charge is -2.16. The van der Waals surface area contributed by atoms with E-state index in [1.807, 2.05) is 0 Å². The van der Waals surface area contributed by atoms with E-state index in [4.69, 9.17) is 4.74 Å². The van der Waals surface area contributed by atoms with Gasteiger partial charge in [-0.2, -0.15) is 0 Å². The van der Waals surface area contributed by atoms with Gasteiger partial charge in [-0.05, 0) is 30.3 Å². The summed E-state index contributed by atoms with van der Waals surface area (Å²) in [5, 5.41) is 5.69. The molecule has 2 heterocycles. The fraction of sp³-hybridized carbons (Fsp3) is 0.222. The molecule has 0 spiro atoms. The zero-order valence-electron chi connectivity index (χ0n) is 13.6. The Hall–Kier alpha value is -2.81. The highest BCUT2D eigenvalue weighted by Gasteiger charge is 2.57. The van der Waals surface area contributed by atoms with Gasteiger partial charge in [0.25, 0.3) is 0 Å². The average molecular weight is 391 g/mol. The molecule has 1 saturated carbocycles. The second-order valence-corrected chi connectivity index (χ2v) is 7.56. The Balaban J connectivity index is 1.31. The zero-order chi connectivity index (χ0) is 18.7. The number of hydrogen-bond donors (Lipinski definition) is 2. The summed E-state index contributed by atoms with van der Waals surface area (Å²) < 4.78 is 47.2. The Morgan fingerprint density at radius 2 is 2.00 bits per heavy atom. The maximum atomic E-state index is 14.1. The number of benzene rings is 2. The van der Waals surface area contributed by atoms with Gasteiger partial charge in [0, 0.05) is 23.4 Å². The predicted octanol–water partition coefficient (Wildman–Crippen LogP) is 4.01. The Kier molecular flexibility index (Phi) is 3.55. The van der Waals surface area contributed by atoms with Crippen molar-refractivity contribution in [2.24, 2.45) is 5.92 Å². The maximum Gasteiger partial charge on any atom is 0.321 e. The molecule has 9 heteroatoms. The van der Waals surface area contributed by atoms with Crippen LogP contribution in [0.1, 0.15) is 11.5 Å². The van der Waals surface area contributed by atoms with E-state index in [9.17, 15) is 18.0 Å². The monoisotopic (exact) mass is 391 g/mol. The number of fused-ring (bicyclic) bond motifs is 4. The highest BCUT2D eigenvalue weighted by molar-refractivity contribution is 7.22. The van der Waals surface area contributed by atoms with Crippen LogP contribution in [0.15, 0.2) is 30.3 Å². The van der Waals surface area contributed by atoms with Crippen LogP contribution in [-0.2, 0) is 0 Å². The molecular formula is C18H12F3N3O2S. The Morgan fingerprint density at radius 1 is 1.19 bits per heavy atom. The number of anilines is 1. The lowest BCUT2D eigenvalue weighted by Crippen LogP contribution is -2.32. The fourth-order valence-corrected chi connectivity index (χ4v) is 4.48. The summed E-state index contributed by atoms with van der Waals surface area (Å²) in [4.78, 5) is 16.5. The van der Waals surface area contributed by atoms with Gasteiger partial charge < -0.3 is 10.1 Å². The number of ether oxygens (including phenoxy) is 1. The van der Waals surface area contributed by atoms with Gasteiger partial charge in [0.1, 0.15) is 11.6 Å². The minimum absolute atomic E-state index is 0.0749. The largest absolute Gasteiger partial charge is 0.490 e. The third kappa shape index (κ3) is 2.69. The molecule has 0 saturated heterocycles. The van der Waals surface area contributed by atoms with E-state index in [1.54, 1.807) is 0 Å². The van der Waals surface area contributed by atoms with Crippen LogP contribution in [0.25, 0.3) is 10.2 Å². The number of thiazole rings is 1. The second kappa shape index (κ2) is 5.85. The van der Waals surface area contributed by atoms with Crippen LogP contribution in [0.4, 0.5) is 23.1 Å². The number of carbonyl (C=O) groups excluding carboxylic acids is 1. The molecule has 0 radical (unpaired) electrons. The van der Waals surface area contributed by atoms with Crippen molar-refractivity contribution in [3.8, 4) is 5.75 Å². The molecule has 1 aliphatic carbocycles. The number of aromatic nitrogens is 1. The number of urea groups is 1. The molecule has 138 valence electrons. The number of nitrogens with one attached hydrogen (secondary N) is 2. The van der Waals surface area contributed by atoms with Crippen LogP contribution >= 0.6 is 11.3 Å². The first kappa shape index (κ1) is 16.4. The standard InChI is InChI=1S/C18H12F3N3O2S/c19-7-1-4-11-12(5-7)27-18(22-11)24-17(25)23-15-8-6-26-16-10(21)3-2-9(20)14(16)13(8)15/h1-5,8,13,15H,6H2,(H2,22,23,24,25)/t8-,13+,15+/m0/s1. The molecule has 3 atom stereocenters. The van der Waals surface area contributed by atoms with Crippen molar-refractivity contribution < 1.29 is 22.7 Å². The number of carbonyl (C=O) groups is 1. The highest BCUT2D eigenvalue weighted by Crippen LogP contribution is 2.55. The molecule has 1 aromatic heterocycles. The number of rotatable bonds is 2. The number of halogens is 3. The van der Waals surface area contributed by atoms with E-state index < -0.39 is 17.7 Å². The Bertz CT molecular complexity index is 1090. The minimum atomic E-state index is -0.610. The van der Waals surface area contributed by atoms with Gasteiger partial charge in [-0.15, -0.1) is 0 Å². The van der Waals surface area contributed by atoms with E-state index in [0.717, 1.165) is 23.5 Å². The number of nitrogens with zero attached hydrogens (tertiary/aromatic N) is 1. The Morgan fingerprint density at radius 3 is 2.85 bits per heavy atom. The summed E-state index contributed by atoms with van der Waals surface area (Å²) in [6.45, 7) is 0.212. The predicted molar refractivity (Wildman–Crippen MR) is 93.6 cm³/mol. The molecule has 2 aliphatic rings. The molecule has 27 heavy (non-hydrogen) atoms.